The Kier molecular flexibility index (Phi) is 34.2. The van der Waals surface area contributed by atoms with Gasteiger partial charge in [0.2, 0.25) is 0 Å². The topological polar surface area (TPSA) is 94.1 Å². The van der Waals surface area contributed by atoms with Gasteiger partial charge in [-0.25, -0.2) is 0 Å². The molecule has 0 aliphatic heterocycles. The first-order valence-corrected chi connectivity index (χ1v) is 22.2. The first kappa shape index (κ1) is 48.5. The Balaban J connectivity index is 4.12. The maximum absolute atomic E-state index is 12.6. The van der Waals surface area contributed by atoms with Gasteiger partial charge in [-0.05, 0) is 12.8 Å². The van der Waals surface area contributed by atoms with E-state index in [0.717, 1.165) is 32.1 Å². The highest BCUT2D eigenvalue weighted by Crippen LogP contribution is 2.38. The van der Waals surface area contributed by atoms with Crippen molar-refractivity contribution >= 4 is 13.8 Å². The van der Waals surface area contributed by atoms with Crippen LogP contribution in [0, 0.1) is 0 Å². The Bertz CT molecular complexity index is 761. The van der Waals surface area contributed by atoms with Crippen molar-refractivity contribution in [2.45, 2.75) is 200 Å². The van der Waals surface area contributed by atoms with E-state index < -0.39 is 13.9 Å². The van der Waals surface area contributed by atoms with E-state index in [1.54, 1.807) is 0 Å². The molecule has 0 spiro atoms. The van der Waals surface area contributed by atoms with Crippen LogP contribution in [0.1, 0.15) is 194 Å². The van der Waals surface area contributed by atoms with Crippen molar-refractivity contribution in [2.24, 2.45) is 0 Å². The molecule has 0 rings (SSSR count). The molecule has 0 aliphatic carbocycles. The van der Waals surface area contributed by atoms with Crippen LogP contribution in [-0.4, -0.2) is 70.7 Å². The van der Waals surface area contributed by atoms with Gasteiger partial charge in [-0.1, -0.05) is 174 Å². The Morgan fingerprint density at radius 1 is 0.551 bits per heavy atom. The second-order valence-corrected chi connectivity index (χ2v) is 16.8. The summed E-state index contributed by atoms with van der Waals surface area (Å²) in [4.78, 5) is 24.9. The molecule has 0 amide bonds. The van der Waals surface area contributed by atoms with Crippen molar-refractivity contribution in [1.82, 2.24) is 0 Å². The number of quaternary nitrogens is 1. The predicted molar refractivity (Wildman–Crippen MR) is 204 cm³/mol. The maximum atomic E-state index is 12.6. The van der Waals surface area contributed by atoms with Crippen molar-refractivity contribution in [2.75, 3.05) is 54.1 Å². The molecule has 0 aromatic heterocycles. The molecular formula is C40H82NO7P. The zero-order valence-electron chi connectivity index (χ0n) is 33.2. The lowest BCUT2D eigenvalue weighted by molar-refractivity contribution is -0.870. The fourth-order valence-electron chi connectivity index (χ4n) is 5.90. The van der Waals surface area contributed by atoms with Crippen LogP contribution in [0.25, 0.3) is 0 Å². The number of carbonyl (C=O) groups excluding carboxylic acids is 1. The van der Waals surface area contributed by atoms with E-state index in [9.17, 15) is 14.3 Å². The van der Waals surface area contributed by atoms with Crippen molar-refractivity contribution in [3.63, 3.8) is 0 Å². The van der Waals surface area contributed by atoms with E-state index in [0.29, 0.717) is 24.1 Å². The molecule has 1 unspecified atom stereocenters. The minimum Gasteiger partial charge on any atom is -0.756 e. The number of likely N-dealkylation sites (N-methyl/N-ethyl adjacent to an activating group) is 1. The van der Waals surface area contributed by atoms with E-state index in [-0.39, 0.29) is 25.8 Å². The van der Waals surface area contributed by atoms with Crippen molar-refractivity contribution in [3.8, 4) is 0 Å². The molecule has 49 heavy (non-hydrogen) atoms. The molecule has 0 radical (unpaired) electrons. The fourth-order valence-corrected chi connectivity index (χ4v) is 6.63. The van der Waals surface area contributed by atoms with Gasteiger partial charge in [-0.2, -0.15) is 0 Å². The summed E-state index contributed by atoms with van der Waals surface area (Å²) < 4.78 is 34.5. The van der Waals surface area contributed by atoms with Crippen molar-refractivity contribution < 1.29 is 37.3 Å². The minimum absolute atomic E-state index is 0.0309. The van der Waals surface area contributed by atoms with Gasteiger partial charge in [0.15, 0.2) is 0 Å². The molecule has 0 saturated carbocycles. The first-order valence-electron chi connectivity index (χ1n) is 20.8. The summed E-state index contributed by atoms with van der Waals surface area (Å²) >= 11 is 0. The van der Waals surface area contributed by atoms with E-state index in [2.05, 4.69) is 13.8 Å². The van der Waals surface area contributed by atoms with Crippen LogP contribution < -0.4 is 4.89 Å². The quantitative estimate of drug-likeness (QED) is 0.0270. The second-order valence-electron chi connectivity index (χ2n) is 15.4. The molecule has 0 bridgehead atoms. The number of phosphoric acid groups is 1. The van der Waals surface area contributed by atoms with E-state index >= 15 is 0 Å². The summed E-state index contributed by atoms with van der Waals surface area (Å²) in [5, 5.41) is 0. The third kappa shape index (κ3) is 38.6. The summed E-state index contributed by atoms with van der Waals surface area (Å²) in [5.74, 6) is -0.333. The zero-order chi connectivity index (χ0) is 36.3. The minimum atomic E-state index is -4.51. The van der Waals surface area contributed by atoms with Crippen LogP contribution in [-0.2, 0) is 27.9 Å². The van der Waals surface area contributed by atoms with Gasteiger partial charge in [0.25, 0.3) is 7.82 Å². The molecule has 0 aromatic carbocycles. The molecule has 9 heteroatoms. The van der Waals surface area contributed by atoms with E-state index in [1.165, 1.54) is 141 Å². The molecule has 0 aliphatic rings. The zero-order valence-corrected chi connectivity index (χ0v) is 34.1. The second kappa shape index (κ2) is 34.6. The average molecular weight is 720 g/mol. The lowest BCUT2D eigenvalue weighted by Gasteiger charge is -2.28. The smallest absolute Gasteiger partial charge is 0.306 e. The van der Waals surface area contributed by atoms with Gasteiger partial charge in [-0.3, -0.25) is 9.36 Å². The van der Waals surface area contributed by atoms with Gasteiger partial charge in [0.1, 0.15) is 19.3 Å². The van der Waals surface area contributed by atoms with Crippen LogP contribution in [0.15, 0.2) is 0 Å². The van der Waals surface area contributed by atoms with Gasteiger partial charge in [0.05, 0.1) is 34.4 Å². The fraction of sp³-hybridized carbons (Fsp3) is 0.975. The summed E-state index contributed by atoms with van der Waals surface area (Å²) in [5.41, 5.74) is 0. The molecule has 2 atom stereocenters. The van der Waals surface area contributed by atoms with Crippen molar-refractivity contribution in [1.29, 1.82) is 0 Å². The maximum Gasteiger partial charge on any atom is 0.306 e. The number of carbonyl (C=O) groups is 1. The molecule has 0 fully saturated rings. The molecule has 0 saturated heterocycles. The Hall–Kier alpha value is -0.500. The summed E-state index contributed by atoms with van der Waals surface area (Å²) in [6.45, 7) is 5.43. The number of unbranched alkanes of at least 4 members (excludes halogenated alkanes) is 25. The Morgan fingerprint density at radius 2 is 0.939 bits per heavy atom. The molecular weight excluding hydrogens is 637 g/mol. The monoisotopic (exact) mass is 720 g/mol. The van der Waals surface area contributed by atoms with Crippen LogP contribution >= 0.6 is 7.82 Å². The first-order chi connectivity index (χ1) is 23.6. The normalized spacial score (nSPS) is 13.8. The molecule has 0 aromatic rings. The number of esters is 1. The van der Waals surface area contributed by atoms with Crippen LogP contribution in [0.2, 0.25) is 0 Å². The highest BCUT2D eigenvalue weighted by molar-refractivity contribution is 7.45. The third-order valence-corrected chi connectivity index (χ3v) is 10.1. The van der Waals surface area contributed by atoms with Gasteiger partial charge in [0, 0.05) is 13.0 Å². The van der Waals surface area contributed by atoms with Gasteiger partial charge in [-0.15, -0.1) is 0 Å². The number of ether oxygens (including phenoxy) is 2. The highest BCUT2D eigenvalue weighted by Gasteiger charge is 2.20. The third-order valence-electron chi connectivity index (χ3n) is 9.16. The van der Waals surface area contributed by atoms with Gasteiger partial charge >= 0.3 is 5.97 Å². The van der Waals surface area contributed by atoms with E-state index in [4.69, 9.17) is 18.5 Å². The number of hydrogen-bond acceptors (Lipinski definition) is 7. The Labute approximate surface area is 304 Å². The standard InChI is InChI=1S/C40H82NO7P/c1-6-8-10-12-14-16-17-18-19-20-21-22-23-24-26-28-30-32-35-45-37-39(38-47-49(43,44)46-36-34-41(3,4)5)48-40(42)33-31-29-27-25-15-13-11-9-7-2/h39H,6-38H2,1-5H3/t39-/m1/s1. The number of phosphoric ester groups is 1. The van der Waals surface area contributed by atoms with Crippen LogP contribution in [0.3, 0.4) is 0 Å². The predicted octanol–water partition coefficient (Wildman–Crippen LogP) is 11.1. The SMILES string of the molecule is CCCCCCCCCCCCCCCCCCCCOC[C@H](COP(=O)([O-])OCC[N+](C)(C)C)OC(=O)CCCCCCCCCCC. The lowest BCUT2D eigenvalue weighted by Crippen LogP contribution is -2.37. The summed E-state index contributed by atoms with van der Waals surface area (Å²) in [6, 6.07) is 0. The molecule has 0 heterocycles. The molecule has 8 nitrogen and oxygen atoms in total. The van der Waals surface area contributed by atoms with Gasteiger partial charge < -0.3 is 27.9 Å². The van der Waals surface area contributed by atoms with Crippen LogP contribution in [0.5, 0.6) is 0 Å². The molecule has 0 N–H and O–H groups in total. The Morgan fingerprint density at radius 3 is 1.35 bits per heavy atom. The largest absolute Gasteiger partial charge is 0.756 e. The van der Waals surface area contributed by atoms with Crippen molar-refractivity contribution in [3.05, 3.63) is 0 Å². The summed E-state index contributed by atoms with van der Waals surface area (Å²) in [6.07, 6.45) is 34.0. The van der Waals surface area contributed by atoms with E-state index in [1.807, 2.05) is 21.1 Å². The number of rotatable bonds is 39. The molecule has 294 valence electrons. The number of nitrogens with zero attached hydrogens (tertiary/aromatic N) is 1. The number of hydrogen-bond donors (Lipinski definition) is 0. The summed E-state index contributed by atoms with van der Waals surface area (Å²) in [7, 11) is 1.37. The average Bonchev–Trinajstić information content (AvgIpc) is 3.04. The van der Waals surface area contributed by atoms with Crippen LogP contribution in [0.4, 0.5) is 0 Å². The highest BCUT2D eigenvalue weighted by atomic mass is 31.2. The lowest BCUT2D eigenvalue weighted by atomic mass is 10.0.